The molecule has 0 bridgehead atoms. The normalized spacial score (nSPS) is 11.0. The van der Waals surface area contributed by atoms with E-state index in [1.165, 1.54) is 5.69 Å². The predicted molar refractivity (Wildman–Crippen MR) is 74.0 cm³/mol. The Morgan fingerprint density at radius 3 is 3.11 bits per heavy atom. The Morgan fingerprint density at radius 1 is 1.50 bits per heavy atom. The van der Waals surface area contributed by atoms with Crippen LogP contribution >= 0.6 is 11.3 Å². The van der Waals surface area contributed by atoms with Crippen LogP contribution in [0.5, 0.6) is 0 Å². The van der Waals surface area contributed by atoms with Gasteiger partial charge in [-0.3, -0.25) is 0 Å². The number of aromatic nitrogens is 2. The third-order valence-corrected chi connectivity index (χ3v) is 3.53. The molecule has 2 heterocycles. The molecule has 0 saturated heterocycles. The van der Waals surface area contributed by atoms with E-state index in [-0.39, 0.29) is 0 Å². The highest BCUT2D eigenvalue weighted by Gasteiger charge is 2.03. The first kappa shape index (κ1) is 13.3. The molecule has 2 aromatic rings. The second-order valence-electron chi connectivity index (χ2n) is 4.15. The number of rotatable bonds is 7. The van der Waals surface area contributed by atoms with Gasteiger partial charge in [0, 0.05) is 37.5 Å². The zero-order chi connectivity index (χ0) is 12.8. The van der Waals surface area contributed by atoms with Gasteiger partial charge in [-0.05, 0) is 19.1 Å². The van der Waals surface area contributed by atoms with Gasteiger partial charge in [-0.15, -0.1) is 11.3 Å². The first-order valence-electron chi connectivity index (χ1n) is 6.04. The second-order valence-corrected chi connectivity index (χ2v) is 5.22. The number of thiazole rings is 1. The lowest BCUT2D eigenvalue weighted by atomic mass is 10.4. The van der Waals surface area contributed by atoms with Gasteiger partial charge in [0.15, 0.2) is 0 Å². The number of hydrogen-bond donors (Lipinski definition) is 1. The zero-order valence-corrected chi connectivity index (χ0v) is 11.7. The van der Waals surface area contributed by atoms with Crippen LogP contribution in [0.15, 0.2) is 23.7 Å². The highest BCUT2D eigenvalue weighted by atomic mass is 32.1. The van der Waals surface area contributed by atoms with Crippen molar-refractivity contribution >= 4 is 11.3 Å². The van der Waals surface area contributed by atoms with Crippen LogP contribution in [-0.4, -0.2) is 29.8 Å². The molecule has 0 saturated carbocycles. The third-order valence-electron chi connectivity index (χ3n) is 2.71. The van der Waals surface area contributed by atoms with E-state index in [0.717, 1.165) is 36.9 Å². The van der Waals surface area contributed by atoms with Crippen LogP contribution in [0.2, 0.25) is 0 Å². The summed E-state index contributed by atoms with van der Waals surface area (Å²) in [6.07, 6.45) is 2.10. The van der Waals surface area contributed by atoms with Crippen LogP contribution in [0.1, 0.15) is 16.4 Å². The van der Waals surface area contributed by atoms with E-state index in [9.17, 15) is 0 Å². The van der Waals surface area contributed by atoms with Gasteiger partial charge in [0.05, 0.1) is 23.9 Å². The van der Waals surface area contributed by atoms with Gasteiger partial charge >= 0.3 is 0 Å². The van der Waals surface area contributed by atoms with Gasteiger partial charge in [-0.1, -0.05) is 0 Å². The quantitative estimate of drug-likeness (QED) is 0.779. The Bertz CT molecular complexity index is 478. The largest absolute Gasteiger partial charge is 0.383 e. The first-order valence-corrected chi connectivity index (χ1v) is 6.92. The molecule has 0 radical (unpaired) electrons. The molecular formula is C13H19N3OS. The minimum atomic E-state index is 0.742. The van der Waals surface area contributed by atoms with Crippen molar-refractivity contribution in [2.45, 2.75) is 20.0 Å². The average Bonchev–Trinajstić information content (AvgIpc) is 2.95. The van der Waals surface area contributed by atoms with Crippen molar-refractivity contribution in [3.63, 3.8) is 0 Å². The minimum absolute atomic E-state index is 0.742. The molecule has 18 heavy (non-hydrogen) atoms. The monoisotopic (exact) mass is 265 g/mol. The fourth-order valence-electron chi connectivity index (χ4n) is 1.81. The summed E-state index contributed by atoms with van der Waals surface area (Å²) in [5, 5.41) is 6.60. The van der Waals surface area contributed by atoms with E-state index in [2.05, 4.69) is 38.6 Å². The first-order chi connectivity index (χ1) is 8.79. The van der Waals surface area contributed by atoms with Gasteiger partial charge in [-0.2, -0.15) is 0 Å². The van der Waals surface area contributed by atoms with Gasteiger partial charge < -0.3 is 14.6 Å². The summed E-state index contributed by atoms with van der Waals surface area (Å²) in [6, 6.07) is 4.21. The number of aryl methyl sites for hydroxylation is 1. The number of hydrogen-bond acceptors (Lipinski definition) is 4. The molecule has 0 unspecified atom stereocenters. The van der Waals surface area contributed by atoms with E-state index in [1.54, 1.807) is 18.4 Å². The summed E-state index contributed by atoms with van der Waals surface area (Å²) < 4.78 is 7.24. The van der Waals surface area contributed by atoms with E-state index < -0.39 is 0 Å². The van der Waals surface area contributed by atoms with E-state index >= 15 is 0 Å². The summed E-state index contributed by atoms with van der Waals surface area (Å²) in [5.41, 5.74) is 2.41. The number of ether oxygens (including phenoxy) is 1. The second kappa shape index (κ2) is 6.68. The number of methoxy groups -OCH3 is 1. The Morgan fingerprint density at radius 2 is 2.39 bits per heavy atom. The Labute approximate surface area is 112 Å². The minimum Gasteiger partial charge on any atom is -0.383 e. The fourth-order valence-corrected chi connectivity index (χ4v) is 2.41. The maximum Gasteiger partial charge on any atom is 0.0898 e. The molecule has 5 heteroatoms. The van der Waals surface area contributed by atoms with Crippen molar-refractivity contribution in [1.82, 2.24) is 14.9 Å². The van der Waals surface area contributed by atoms with Crippen LogP contribution in [0.25, 0.3) is 0 Å². The van der Waals surface area contributed by atoms with Crippen LogP contribution in [0.4, 0.5) is 0 Å². The Kier molecular flexibility index (Phi) is 4.92. The van der Waals surface area contributed by atoms with Crippen molar-refractivity contribution in [3.05, 3.63) is 40.1 Å². The number of nitrogens with zero attached hydrogens (tertiary/aromatic N) is 2. The highest BCUT2D eigenvalue weighted by Crippen LogP contribution is 2.11. The van der Waals surface area contributed by atoms with E-state index in [4.69, 9.17) is 4.74 Å². The smallest absolute Gasteiger partial charge is 0.0898 e. The molecule has 0 aromatic carbocycles. The van der Waals surface area contributed by atoms with Crippen LogP contribution in [0, 0.1) is 6.92 Å². The molecular weight excluding hydrogens is 246 g/mol. The lowest BCUT2D eigenvalue weighted by Gasteiger charge is -2.08. The third kappa shape index (κ3) is 3.66. The van der Waals surface area contributed by atoms with Crippen LogP contribution < -0.4 is 5.32 Å². The lowest BCUT2D eigenvalue weighted by molar-refractivity contribution is 0.199. The van der Waals surface area contributed by atoms with Crippen LogP contribution in [-0.2, 0) is 17.8 Å². The molecule has 0 aliphatic rings. The van der Waals surface area contributed by atoms with Crippen molar-refractivity contribution < 1.29 is 4.74 Å². The highest BCUT2D eigenvalue weighted by molar-refractivity contribution is 7.09. The zero-order valence-electron chi connectivity index (χ0n) is 10.8. The summed E-state index contributed by atoms with van der Waals surface area (Å²) in [6.45, 7) is 5.36. The summed E-state index contributed by atoms with van der Waals surface area (Å²) >= 11 is 1.70. The van der Waals surface area contributed by atoms with Crippen molar-refractivity contribution in [2.24, 2.45) is 0 Å². The standard InChI is InChI=1S/C13H19N3OS/c1-11-15-12(10-18-11)9-16-6-3-4-13(16)8-14-5-7-17-2/h3-4,6,10,14H,5,7-9H2,1-2H3. The van der Waals surface area contributed by atoms with Crippen molar-refractivity contribution in [2.75, 3.05) is 20.3 Å². The van der Waals surface area contributed by atoms with Crippen molar-refractivity contribution in [3.8, 4) is 0 Å². The van der Waals surface area contributed by atoms with Crippen molar-refractivity contribution in [1.29, 1.82) is 0 Å². The molecule has 0 aliphatic heterocycles. The summed E-state index contributed by atoms with van der Waals surface area (Å²) in [7, 11) is 1.72. The van der Waals surface area contributed by atoms with Gasteiger partial charge in [0.25, 0.3) is 0 Å². The van der Waals surface area contributed by atoms with Gasteiger partial charge in [0.2, 0.25) is 0 Å². The summed E-state index contributed by atoms with van der Waals surface area (Å²) in [4.78, 5) is 4.49. The lowest BCUT2D eigenvalue weighted by Crippen LogP contribution is -2.20. The van der Waals surface area contributed by atoms with Gasteiger partial charge in [0.1, 0.15) is 0 Å². The fraction of sp³-hybridized carbons (Fsp3) is 0.462. The Balaban J connectivity index is 1.91. The summed E-state index contributed by atoms with van der Waals surface area (Å²) in [5.74, 6) is 0. The molecule has 98 valence electrons. The molecule has 0 amide bonds. The molecule has 2 aromatic heterocycles. The molecule has 2 rings (SSSR count). The maximum atomic E-state index is 5.01. The van der Waals surface area contributed by atoms with Gasteiger partial charge in [-0.25, -0.2) is 4.98 Å². The molecule has 1 N–H and O–H groups in total. The maximum absolute atomic E-state index is 5.01. The predicted octanol–water partition coefficient (Wildman–Crippen LogP) is 2.04. The topological polar surface area (TPSA) is 39.1 Å². The molecule has 0 aliphatic carbocycles. The SMILES string of the molecule is COCCNCc1cccn1Cc1csc(C)n1. The van der Waals surface area contributed by atoms with E-state index in [0.29, 0.717) is 0 Å². The molecule has 0 fully saturated rings. The average molecular weight is 265 g/mol. The molecule has 0 atom stereocenters. The van der Waals surface area contributed by atoms with E-state index in [1.807, 2.05) is 6.92 Å². The molecule has 4 nitrogen and oxygen atoms in total. The molecule has 0 spiro atoms. The van der Waals surface area contributed by atoms with Crippen LogP contribution in [0.3, 0.4) is 0 Å². The Hall–Kier alpha value is -1.17. The number of nitrogens with one attached hydrogen (secondary N) is 1.